The third-order valence-corrected chi connectivity index (χ3v) is 2.68. The number of rotatable bonds is 3. The molecule has 1 fully saturated rings. The van der Waals surface area contributed by atoms with Crippen molar-refractivity contribution in [3.8, 4) is 0 Å². The van der Waals surface area contributed by atoms with E-state index in [1.807, 2.05) is 0 Å². The van der Waals surface area contributed by atoms with E-state index in [0.717, 1.165) is 6.42 Å². The minimum Gasteiger partial charge on any atom is -0.375 e. The maximum atomic E-state index is 5.64. The van der Waals surface area contributed by atoms with E-state index in [0.29, 0.717) is 25.2 Å². The van der Waals surface area contributed by atoms with E-state index in [4.69, 9.17) is 15.2 Å². The third kappa shape index (κ3) is 1.79. The van der Waals surface area contributed by atoms with Gasteiger partial charge >= 0.3 is 0 Å². The Kier molecular flexibility index (Phi) is 3.09. The fraction of sp³-hybridized carbons (Fsp3) is 1.00. The Balaban J connectivity index is 2.52. The lowest BCUT2D eigenvalue weighted by Crippen LogP contribution is -2.40. The second kappa shape index (κ2) is 3.73. The molecule has 2 unspecified atom stereocenters. The second-order valence-electron chi connectivity index (χ2n) is 3.89. The molecule has 72 valence electrons. The summed E-state index contributed by atoms with van der Waals surface area (Å²) in [5, 5.41) is 0. The molecular weight excluding hydrogens is 154 g/mol. The molecule has 12 heavy (non-hydrogen) atoms. The summed E-state index contributed by atoms with van der Waals surface area (Å²) in [6, 6.07) is 0. The number of hydrogen-bond donors (Lipinski definition) is 1. The summed E-state index contributed by atoms with van der Waals surface area (Å²) in [6.45, 7) is 5.51. The van der Waals surface area contributed by atoms with Gasteiger partial charge in [0, 0.05) is 20.1 Å². The minimum atomic E-state index is -0.213. The van der Waals surface area contributed by atoms with Gasteiger partial charge in [0.1, 0.15) is 5.60 Å². The number of hydrogen-bond acceptors (Lipinski definition) is 3. The van der Waals surface area contributed by atoms with Crippen LogP contribution in [0.2, 0.25) is 0 Å². The van der Waals surface area contributed by atoms with Crippen LogP contribution in [-0.2, 0) is 9.47 Å². The summed E-state index contributed by atoms with van der Waals surface area (Å²) in [5.74, 6) is 0.550. The summed E-state index contributed by atoms with van der Waals surface area (Å²) in [5.41, 5.74) is 5.42. The zero-order valence-electron chi connectivity index (χ0n) is 8.17. The molecule has 1 saturated heterocycles. The summed E-state index contributed by atoms with van der Waals surface area (Å²) < 4.78 is 11.0. The predicted molar refractivity (Wildman–Crippen MR) is 48.0 cm³/mol. The smallest absolute Gasteiger partial charge is 0.106 e. The first kappa shape index (κ1) is 9.96. The molecule has 0 aromatic rings. The lowest BCUT2D eigenvalue weighted by Gasteiger charge is -2.24. The molecule has 0 aromatic carbocycles. The van der Waals surface area contributed by atoms with Gasteiger partial charge in [-0.1, -0.05) is 13.8 Å². The van der Waals surface area contributed by atoms with Crippen molar-refractivity contribution in [2.24, 2.45) is 11.7 Å². The van der Waals surface area contributed by atoms with Gasteiger partial charge in [0.2, 0.25) is 0 Å². The average molecular weight is 173 g/mol. The average Bonchev–Trinajstić information content (AvgIpc) is 2.49. The van der Waals surface area contributed by atoms with Crippen molar-refractivity contribution in [1.82, 2.24) is 0 Å². The first-order valence-electron chi connectivity index (χ1n) is 4.50. The molecule has 2 N–H and O–H groups in total. The molecule has 3 nitrogen and oxygen atoms in total. The lowest BCUT2D eigenvalue weighted by molar-refractivity contribution is -0.0128. The van der Waals surface area contributed by atoms with Crippen LogP contribution in [0.4, 0.5) is 0 Å². The van der Waals surface area contributed by atoms with Gasteiger partial charge in [-0.2, -0.15) is 0 Å². The molecule has 0 bridgehead atoms. The molecule has 0 radical (unpaired) electrons. The van der Waals surface area contributed by atoms with Gasteiger partial charge < -0.3 is 15.2 Å². The summed E-state index contributed by atoms with van der Waals surface area (Å²) in [7, 11) is 1.71. The van der Waals surface area contributed by atoms with Crippen molar-refractivity contribution in [1.29, 1.82) is 0 Å². The first-order chi connectivity index (χ1) is 5.63. The van der Waals surface area contributed by atoms with Crippen LogP contribution in [0.1, 0.15) is 20.3 Å². The minimum absolute atomic E-state index is 0.213. The van der Waals surface area contributed by atoms with Crippen molar-refractivity contribution in [2.45, 2.75) is 32.0 Å². The van der Waals surface area contributed by atoms with Gasteiger partial charge in [-0.25, -0.2) is 0 Å². The number of methoxy groups -OCH3 is 1. The van der Waals surface area contributed by atoms with Crippen molar-refractivity contribution < 1.29 is 9.47 Å². The van der Waals surface area contributed by atoms with E-state index in [1.165, 1.54) is 0 Å². The molecular formula is C9H19NO2. The highest BCUT2D eigenvalue weighted by molar-refractivity contribution is 4.91. The Labute approximate surface area is 74.2 Å². The largest absolute Gasteiger partial charge is 0.375 e. The van der Waals surface area contributed by atoms with Crippen molar-refractivity contribution in [2.75, 3.05) is 20.3 Å². The Hall–Kier alpha value is -0.120. The Morgan fingerprint density at radius 2 is 2.33 bits per heavy atom. The zero-order valence-corrected chi connectivity index (χ0v) is 8.17. The third-order valence-electron chi connectivity index (χ3n) is 2.68. The Morgan fingerprint density at radius 3 is 2.58 bits per heavy atom. The molecule has 1 heterocycles. The van der Waals surface area contributed by atoms with Crippen LogP contribution >= 0.6 is 0 Å². The number of ether oxygens (including phenoxy) is 2. The van der Waals surface area contributed by atoms with Crippen LogP contribution in [0, 0.1) is 5.92 Å². The SMILES string of the molecule is COC1(CN)COC(C(C)C)C1. The van der Waals surface area contributed by atoms with Crippen LogP contribution < -0.4 is 5.73 Å². The van der Waals surface area contributed by atoms with Crippen LogP contribution in [-0.4, -0.2) is 32.0 Å². The quantitative estimate of drug-likeness (QED) is 0.685. The van der Waals surface area contributed by atoms with Crippen molar-refractivity contribution in [3.63, 3.8) is 0 Å². The van der Waals surface area contributed by atoms with Crippen LogP contribution in [0.25, 0.3) is 0 Å². The molecule has 1 aliphatic rings. The highest BCUT2D eigenvalue weighted by Crippen LogP contribution is 2.30. The fourth-order valence-electron chi connectivity index (χ4n) is 1.54. The van der Waals surface area contributed by atoms with Gasteiger partial charge in [-0.3, -0.25) is 0 Å². The van der Waals surface area contributed by atoms with Crippen LogP contribution in [0.3, 0.4) is 0 Å². The Bertz CT molecular complexity index is 143. The van der Waals surface area contributed by atoms with Crippen LogP contribution in [0.15, 0.2) is 0 Å². The van der Waals surface area contributed by atoms with E-state index in [9.17, 15) is 0 Å². The predicted octanol–water partition coefficient (Wildman–Crippen LogP) is 0.775. The molecule has 0 spiro atoms. The molecule has 0 amide bonds. The van der Waals surface area contributed by atoms with Gasteiger partial charge in [0.25, 0.3) is 0 Å². The molecule has 0 aliphatic carbocycles. The Morgan fingerprint density at radius 1 is 1.67 bits per heavy atom. The monoisotopic (exact) mass is 173 g/mol. The van der Waals surface area contributed by atoms with Gasteiger partial charge in [0.15, 0.2) is 0 Å². The number of nitrogens with two attached hydrogens (primary N) is 1. The molecule has 3 heteroatoms. The van der Waals surface area contributed by atoms with E-state index < -0.39 is 0 Å². The lowest BCUT2D eigenvalue weighted by atomic mass is 9.95. The van der Waals surface area contributed by atoms with Crippen molar-refractivity contribution in [3.05, 3.63) is 0 Å². The maximum absolute atomic E-state index is 5.64. The topological polar surface area (TPSA) is 44.5 Å². The van der Waals surface area contributed by atoms with Gasteiger partial charge in [0.05, 0.1) is 12.7 Å². The molecule has 1 aliphatic heterocycles. The first-order valence-corrected chi connectivity index (χ1v) is 4.50. The van der Waals surface area contributed by atoms with Crippen LogP contribution in [0.5, 0.6) is 0 Å². The van der Waals surface area contributed by atoms with Crippen molar-refractivity contribution >= 4 is 0 Å². The maximum Gasteiger partial charge on any atom is 0.106 e. The summed E-state index contributed by atoms with van der Waals surface area (Å²) in [6.07, 6.45) is 1.24. The standard InChI is InChI=1S/C9H19NO2/c1-7(2)8-4-9(5-10,11-3)6-12-8/h7-8H,4-6,10H2,1-3H3. The molecule has 0 aromatic heterocycles. The highest BCUT2D eigenvalue weighted by atomic mass is 16.6. The van der Waals surface area contributed by atoms with E-state index >= 15 is 0 Å². The molecule has 2 atom stereocenters. The summed E-state index contributed by atoms with van der Waals surface area (Å²) >= 11 is 0. The fourth-order valence-corrected chi connectivity index (χ4v) is 1.54. The molecule has 0 saturated carbocycles. The second-order valence-corrected chi connectivity index (χ2v) is 3.89. The molecule has 1 rings (SSSR count). The van der Waals surface area contributed by atoms with Gasteiger partial charge in [-0.15, -0.1) is 0 Å². The normalized spacial score (nSPS) is 36.2. The summed E-state index contributed by atoms with van der Waals surface area (Å²) in [4.78, 5) is 0. The van der Waals surface area contributed by atoms with E-state index in [1.54, 1.807) is 7.11 Å². The van der Waals surface area contributed by atoms with E-state index in [-0.39, 0.29) is 5.60 Å². The zero-order chi connectivity index (χ0) is 9.19. The van der Waals surface area contributed by atoms with Gasteiger partial charge in [-0.05, 0) is 5.92 Å². The highest BCUT2D eigenvalue weighted by Gasteiger charge is 2.40. The van der Waals surface area contributed by atoms with E-state index in [2.05, 4.69) is 13.8 Å².